The number of ketones is 1. The van der Waals surface area contributed by atoms with Gasteiger partial charge in [0.1, 0.15) is 5.75 Å². The summed E-state index contributed by atoms with van der Waals surface area (Å²) in [4.78, 5) is 32.2. The predicted octanol–water partition coefficient (Wildman–Crippen LogP) is 4.32. The van der Waals surface area contributed by atoms with Crippen LogP contribution in [0.1, 0.15) is 33.8 Å². The van der Waals surface area contributed by atoms with Crippen molar-refractivity contribution < 1.29 is 19.4 Å². The third kappa shape index (κ3) is 3.71. The molecule has 6 nitrogen and oxygen atoms in total. The molecule has 0 aliphatic carbocycles. The van der Waals surface area contributed by atoms with E-state index in [4.69, 9.17) is 4.74 Å². The number of aliphatic hydroxyl groups is 1. The molecule has 3 heterocycles. The van der Waals surface area contributed by atoms with E-state index in [9.17, 15) is 14.7 Å². The highest BCUT2D eigenvalue weighted by molar-refractivity contribution is 7.12. The number of pyridine rings is 1. The number of nitrogens with zero attached hydrogens (tertiary/aromatic N) is 2. The molecule has 0 saturated carbocycles. The minimum absolute atomic E-state index is 0.0881. The van der Waals surface area contributed by atoms with Gasteiger partial charge in [-0.25, -0.2) is 0 Å². The van der Waals surface area contributed by atoms with Gasteiger partial charge in [-0.2, -0.15) is 0 Å². The van der Waals surface area contributed by atoms with E-state index in [-0.39, 0.29) is 17.9 Å². The molecule has 0 radical (unpaired) electrons. The van der Waals surface area contributed by atoms with Crippen LogP contribution in [0.3, 0.4) is 0 Å². The maximum atomic E-state index is 13.2. The minimum Gasteiger partial charge on any atom is -0.503 e. The van der Waals surface area contributed by atoms with E-state index in [1.54, 1.807) is 48.1 Å². The summed E-state index contributed by atoms with van der Waals surface area (Å²) in [6.07, 6.45) is 3.29. The quantitative estimate of drug-likeness (QED) is 0.576. The Hall–Kier alpha value is -3.45. The highest BCUT2D eigenvalue weighted by Gasteiger charge is 2.44. The first kappa shape index (κ1) is 19.8. The van der Waals surface area contributed by atoms with Gasteiger partial charge in [0.15, 0.2) is 5.76 Å². The van der Waals surface area contributed by atoms with Crippen LogP contribution in [0.2, 0.25) is 0 Å². The molecule has 4 rings (SSSR count). The SMILES string of the molecule is CCOc1cccc(C2C(C(=O)c3cccs3)=C(O)C(=O)N2Cc2ccncc2)c1. The summed E-state index contributed by atoms with van der Waals surface area (Å²) >= 11 is 1.28. The lowest BCUT2D eigenvalue weighted by atomic mass is 9.95. The van der Waals surface area contributed by atoms with Crippen LogP contribution < -0.4 is 4.74 Å². The van der Waals surface area contributed by atoms with Gasteiger partial charge >= 0.3 is 0 Å². The van der Waals surface area contributed by atoms with Gasteiger partial charge in [0.2, 0.25) is 5.78 Å². The van der Waals surface area contributed by atoms with E-state index in [1.807, 2.05) is 25.1 Å². The first-order valence-electron chi connectivity index (χ1n) is 9.54. The summed E-state index contributed by atoms with van der Waals surface area (Å²) in [7, 11) is 0. The third-order valence-corrected chi connectivity index (χ3v) is 5.75. The fourth-order valence-electron chi connectivity index (χ4n) is 3.56. The summed E-state index contributed by atoms with van der Waals surface area (Å²) in [6.45, 7) is 2.62. The van der Waals surface area contributed by atoms with Crippen LogP contribution in [0.25, 0.3) is 0 Å². The topological polar surface area (TPSA) is 79.7 Å². The molecule has 0 spiro atoms. The molecule has 1 unspecified atom stereocenters. The Morgan fingerprint density at radius 2 is 2.00 bits per heavy atom. The number of carbonyl (C=O) groups is 2. The maximum Gasteiger partial charge on any atom is 0.290 e. The molecule has 0 fully saturated rings. The molecule has 1 N–H and O–H groups in total. The molecule has 152 valence electrons. The lowest BCUT2D eigenvalue weighted by Gasteiger charge is -2.27. The number of aliphatic hydroxyl groups excluding tert-OH is 1. The van der Waals surface area contributed by atoms with Gasteiger partial charge in [-0.05, 0) is 53.8 Å². The van der Waals surface area contributed by atoms with Crippen LogP contribution in [-0.4, -0.2) is 33.3 Å². The normalized spacial score (nSPS) is 16.2. The number of Topliss-reactive ketones (excluding diaryl/α,β-unsaturated/α-hetero) is 1. The zero-order valence-corrected chi connectivity index (χ0v) is 17.1. The number of aromatic nitrogens is 1. The predicted molar refractivity (Wildman–Crippen MR) is 113 cm³/mol. The Labute approximate surface area is 178 Å². The smallest absolute Gasteiger partial charge is 0.290 e. The number of amides is 1. The molecule has 3 aromatic rings. The molecule has 7 heteroatoms. The van der Waals surface area contributed by atoms with E-state index in [1.165, 1.54) is 16.2 Å². The van der Waals surface area contributed by atoms with Crippen molar-refractivity contribution in [3.8, 4) is 5.75 Å². The molecule has 1 atom stereocenters. The van der Waals surface area contributed by atoms with Crippen molar-refractivity contribution in [3.63, 3.8) is 0 Å². The number of ether oxygens (including phenoxy) is 1. The van der Waals surface area contributed by atoms with Crippen molar-refractivity contribution in [3.05, 3.63) is 93.6 Å². The number of thiophene rings is 1. The summed E-state index contributed by atoms with van der Waals surface area (Å²) < 4.78 is 5.61. The van der Waals surface area contributed by atoms with Crippen LogP contribution >= 0.6 is 11.3 Å². The molecule has 1 aromatic carbocycles. The average Bonchev–Trinajstić information content (AvgIpc) is 3.38. The fraction of sp³-hybridized carbons (Fsp3) is 0.174. The van der Waals surface area contributed by atoms with E-state index < -0.39 is 17.7 Å². The second-order valence-corrected chi connectivity index (χ2v) is 7.71. The van der Waals surface area contributed by atoms with Crippen LogP contribution in [0.15, 0.2) is 77.6 Å². The minimum atomic E-state index is -0.722. The maximum absolute atomic E-state index is 13.2. The first-order valence-corrected chi connectivity index (χ1v) is 10.4. The van der Waals surface area contributed by atoms with Crippen LogP contribution in [-0.2, 0) is 11.3 Å². The van der Waals surface area contributed by atoms with Gasteiger partial charge in [-0.15, -0.1) is 11.3 Å². The lowest BCUT2D eigenvalue weighted by molar-refractivity contribution is -0.130. The molecule has 0 bridgehead atoms. The second-order valence-electron chi connectivity index (χ2n) is 6.77. The largest absolute Gasteiger partial charge is 0.503 e. The summed E-state index contributed by atoms with van der Waals surface area (Å²) in [5.41, 5.74) is 1.64. The van der Waals surface area contributed by atoms with Crippen molar-refractivity contribution in [2.75, 3.05) is 6.61 Å². The molecule has 1 amide bonds. The zero-order chi connectivity index (χ0) is 21.1. The van der Waals surface area contributed by atoms with Crippen LogP contribution in [0.4, 0.5) is 0 Å². The number of rotatable bonds is 7. The van der Waals surface area contributed by atoms with Crippen molar-refractivity contribution in [2.45, 2.75) is 19.5 Å². The Bertz CT molecular complexity index is 1090. The van der Waals surface area contributed by atoms with Gasteiger partial charge in [-0.1, -0.05) is 18.2 Å². The van der Waals surface area contributed by atoms with Crippen LogP contribution in [0.5, 0.6) is 5.75 Å². The molecule has 2 aromatic heterocycles. The third-order valence-electron chi connectivity index (χ3n) is 4.88. The Balaban J connectivity index is 1.80. The van der Waals surface area contributed by atoms with E-state index in [2.05, 4.69) is 4.98 Å². The molecule has 1 aliphatic heterocycles. The highest BCUT2D eigenvalue weighted by Crippen LogP contribution is 2.41. The van der Waals surface area contributed by atoms with Gasteiger partial charge in [0.25, 0.3) is 5.91 Å². The van der Waals surface area contributed by atoms with Gasteiger partial charge in [-0.3, -0.25) is 14.6 Å². The fourth-order valence-corrected chi connectivity index (χ4v) is 4.24. The zero-order valence-electron chi connectivity index (χ0n) is 16.3. The molecule has 0 saturated heterocycles. The number of hydrogen-bond acceptors (Lipinski definition) is 6. The van der Waals surface area contributed by atoms with Crippen molar-refractivity contribution in [1.29, 1.82) is 0 Å². The van der Waals surface area contributed by atoms with Gasteiger partial charge < -0.3 is 14.7 Å². The molecule has 1 aliphatic rings. The van der Waals surface area contributed by atoms with Gasteiger partial charge in [0, 0.05) is 18.9 Å². The number of carbonyl (C=O) groups excluding carboxylic acids is 2. The molecule has 30 heavy (non-hydrogen) atoms. The van der Waals surface area contributed by atoms with E-state index in [0.29, 0.717) is 22.8 Å². The highest BCUT2D eigenvalue weighted by atomic mass is 32.1. The average molecular weight is 420 g/mol. The Kier molecular flexibility index (Phi) is 5.63. The summed E-state index contributed by atoms with van der Waals surface area (Å²) in [6, 6.07) is 13.6. The number of hydrogen-bond donors (Lipinski definition) is 1. The van der Waals surface area contributed by atoms with E-state index in [0.717, 1.165) is 5.56 Å². The second kappa shape index (κ2) is 8.51. The van der Waals surface area contributed by atoms with E-state index >= 15 is 0 Å². The number of benzene rings is 1. The summed E-state index contributed by atoms with van der Waals surface area (Å²) in [5.74, 6) is -0.784. The van der Waals surface area contributed by atoms with Crippen molar-refractivity contribution in [1.82, 2.24) is 9.88 Å². The van der Waals surface area contributed by atoms with Gasteiger partial charge in [0.05, 0.1) is 23.1 Å². The molecular weight excluding hydrogens is 400 g/mol. The van der Waals surface area contributed by atoms with Crippen molar-refractivity contribution >= 4 is 23.0 Å². The Morgan fingerprint density at radius 3 is 2.70 bits per heavy atom. The monoisotopic (exact) mass is 420 g/mol. The summed E-state index contributed by atoms with van der Waals surface area (Å²) in [5, 5.41) is 12.5. The Morgan fingerprint density at radius 1 is 1.20 bits per heavy atom. The van der Waals surface area contributed by atoms with Crippen LogP contribution in [0, 0.1) is 0 Å². The molecular formula is C23H20N2O4S. The standard InChI is InChI=1S/C23H20N2O4S/c1-2-29-17-6-3-5-16(13-17)20-19(21(26)18-7-4-12-30-18)22(27)23(28)25(20)14-15-8-10-24-11-9-15/h3-13,20,27H,2,14H2,1H3. The lowest BCUT2D eigenvalue weighted by Crippen LogP contribution is -2.30. The first-order chi connectivity index (χ1) is 14.6. The van der Waals surface area contributed by atoms with Crippen molar-refractivity contribution in [2.24, 2.45) is 0 Å².